The molecule has 10 nitrogen and oxygen atoms in total. The Morgan fingerprint density at radius 3 is 2.05 bits per heavy atom. The summed E-state index contributed by atoms with van der Waals surface area (Å²) in [7, 11) is 1.55. The minimum Gasteiger partial charge on any atom is -0.497 e. The molecule has 0 spiro atoms. The first-order chi connectivity index (χ1) is 19.0. The highest BCUT2D eigenvalue weighted by Gasteiger charge is 2.43. The van der Waals surface area contributed by atoms with E-state index in [0.29, 0.717) is 23.4 Å². The Kier molecular flexibility index (Phi) is 10.9. The SMILES string of the molecule is CCC(C)(C)N(C(=O)C(CC(N)=O)NC(=O)OC(C)(C)C)C(C(=O)Nc1ccc(OC)cc1)c1ccc(C)c(C)c1. The molecule has 2 aromatic carbocycles. The summed E-state index contributed by atoms with van der Waals surface area (Å²) < 4.78 is 10.6. The molecule has 0 heterocycles. The largest absolute Gasteiger partial charge is 0.497 e. The number of nitrogens with zero attached hydrogens (tertiary/aromatic N) is 1. The first-order valence-corrected chi connectivity index (χ1v) is 13.6. The van der Waals surface area contributed by atoms with Gasteiger partial charge in [-0.2, -0.15) is 0 Å². The van der Waals surface area contributed by atoms with Crippen molar-refractivity contribution in [3.05, 3.63) is 59.2 Å². The van der Waals surface area contributed by atoms with Gasteiger partial charge in [0.1, 0.15) is 23.4 Å². The fraction of sp³-hybridized carbons (Fsp3) is 0.484. The Balaban J connectivity index is 2.67. The Hall–Kier alpha value is -4.08. The second-order valence-corrected chi connectivity index (χ2v) is 11.7. The van der Waals surface area contributed by atoms with E-state index in [0.717, 1.165) is 11.1 Å². The summed E-state index contributed by atoms with van der Waals surface area (Å²) in [5.41, 5.74) is 6.81. The first kappa shape index (κ1) is 33.1. The molecule has 2 aromatic rings. The Morgan fingerprint density at radius 2 is 1.56 bits per heavy atom. The van der Waals surface area contributed by atoms with Crippen LogP contribution in [0.2, 0.25) is 0 Å². The highest BCUT2D eigenvalue weighted by Crippen LogP contribution is 2.34. The van der Waals surface area contributed by atoms with Crippen LogP contribution in [0.5, 0.6) is 5.75 Å². The maximum absolute atomic E-state index is 14.3. The lowest BCUT2D eigenvalue weighted by Gasteiger charge is -2.44. The van der Waals surface area contributed by atoms with E-state index >= 15 is 0 Å². The summed E-state index contributed by atoms with van der Waals surface area (Å²) in [6.07, 6.45) is -0.892. The molecule has 0 aromatic heterocycles. The maximum Gasteiger partial charge on any atom is 0.408 e. The number of methoxy groups -OCH3 is 1. The van der Waals surface area contributed by atoms with Gasteiger partial charge in [-0.25, -0.2) is 4.79 Å². The Labute approximate surface area is 242 Å². The molecular weight excluding hydrogens is 524 g/mol. The number of nitrogens with two attached hydrogens (primary N) is 1. The van der Waals surface area contributed by atoms with Crippen LogP contribution in [0, 0.1) is 13.8 Å². The minimum absolute atomic E-state index is 0.464. The van der Waals surface area contributed by atoms with E-state index in [1.165, 1.54) is 4.90 Å². The standard InChI is InChI=1S/C31H44N4O6/c1-10-31(7,8)35(28(38)24(18-25(32)36)34-29(39)41-30(4,5)6)26(21-12-11-19(2)20(3)17-21)27(37)33-22-13-15-23(40-9)16-14-22/h11-17,24,26H,10,18H2,1-9H3,(H2,32,36)(H,33,37)(H,34,39). The molecule has 0 fully saturated rings. The lowest BCUT2D eigenvalue weighted by molar-refractivity contribution is -0.148. The maximum atomic E-state index is 14.3. The summed E-state index contributed by atoms with van der Waals surface area (Å²) in [4.78, 5) is 54.6. The zero-order valence-electron chi connectivity index (χ0n) is 25.6. The van der Waals surface area contributed by atoms with Crippen molar-refractivity contribution < 1.29 is 28.7 Å². The molecular formula is C31H44N4O6. The van der Waals surface area contributed by atoms with Crippen molar-refractivity contribution in [2.45, 2.75) is 91.5 Å². The third-order valence-corrected chi connectivity index (χ3v) is 6.86. The van der Waals surface area contributed by atoms with Crippen molar-refractivity contribution in [2.24, 2.45) is 5.73 Å². The highest BCUT2D eigenvalue weighted by molar-refractivity contribution is 6.00. The molecule has 2 atom stereocenters. The molecule has 224 valence electrons. The Bertz CT molecular complexity index is 1250. The van der Waals surface area contributed by atoms with Gasteiger partial charge in [0.25, 0.3) is 5.91 Å². The zero-order valence-corrected chi connectivity index (χ0v) is 25.6. The zero-order chi connectivity index (χ0) is 31.1. The van der Waals surface area contributed by atoms with Gasteiger partial charge in [-0.1, -0.05) is 25.1 Å². The first-order valence-electron chi connectivity index (χ1n) is 13.6. The van der Waals surface area contributed by atoms with E-state index in [2.05, 4.69) is 10.6 Å². The number of rotatable bonds is 11. The van der Waals surface area contributed by atoms with Crippen molar-refractivity contribution in [3.63, 3.8) is 0 Å². The molecule has 10 heteroatoms. The predicted octanol–water partition coefficient (Wildman–Crippen LogP) is 4.78. The third kappa shape index (κ3) is 9.23. The number of primary amides is 1. The van der Waals surface area contributed by atoms with Gasteiger partial charge in [0, 0.05) is 11.2 Å². The highest BCUT2D eigenvalue weighted by atomic mass is 16.6. The van der Waals surface area contributed by atoms with Crippen LogP contribution in [0.15, 0.2) is 42.5 Å². The van der Waals surface area contributed by atoms with Crippen LogP contribution in [-0.2, 0) is 19.1 Å². The molecule has 0 saturated carbocycles. The number of anilines is 1. The lowest BCUT2D eigenvalue weighted by Crippen LogP contribution is -2.59. The number of benzene rings is 2. The monoisotopic (exact) mass is 568 g/mol. The molecule has 4 N–H and O–H groups in total. The van der Waals surface area contributed by atoms with Gasteiger partial charge >= 0.3 is 6.09 Å². The van der Waals surface area contributed by atoms with Crippen LogP contribution < -0.4 is 21.1 Å². The number of hydrogen-bond donors (Lipinski definition) is 3. The number of amides is 4. The average Bonchev–Trinajstić information content (AvgIpc) is 2.87. The number of carbonyl (C=O) groups excluding carboxylic acids is 4. The van der Waals surface area contributed by atoms with E-state index in [9.17, 15) is 19.2 Å². The van der Waals surface area contributed by atoms with Gasteiger partial charge in [-0.05, 0) is 95.8 Å². The summed E-state index contributed by atoms with van der Waals surface area (Å²) >= 11 is 0. The second-order valence-electron chi connectivity index (χ2n) is 11.7. The van der Waals surface area contributed by atoms with Gasteiger partial charge in [0.05, 0.1) is 13.5 Å². The van der Waals surface area contributed by atoms with Gasteiger partial charge in [-0.15, -0.1) is 0 Å². The molecule has 2 rings (SSSR count). The third-order valence-electron chi connectivity index (χ3n) is 6.86. The van der Waals surface area contributed by atoms with Crippen molar-refractivity contribution in [1.29, 1.82) is 0 Å². The number of carbonyl (C=O) groups is 4. The summed E-state index contributed by atoms with van der Waals surface area (Å²) in [6, 6.07) is 9.91. The number of ether oxygens (including phenoxy) is 2. The smallest absolute Gasteiger partial charge is 0.408 e. The van der Waals surface area contributed by atoms with Gasteiger partial charge in [0.15, 0.2) is 0 Å². The fourth-order valence-electron chi connectivity index (χ4n) is 4.20. The van der Waals surface area contributed by atoms with E-state index in [1.54, 1.807) is 58.2 Å². The van der Waals surface area contributed by atoms with E-state index < -0.39 is 53.5 Å². The van der Waals surface area contributed by atoms with E-state index in [1.807, 2.05) is 46.8 Å². The molecule has 0 aliphatic heterocycles. The van der Waals surface area contributed by atoms with Crippen molar-refractivity contribution in [1.82, 2.24) is 10.2 Å². The Morgan fingerprint density at radius 1 is 0.951 bits per heavy atom. The number of nitrogens with one attached hydrogen (secondary N) is 2. The quantitative estimate of drug-likeness (QED) is 0.356. The van der Waals surface area contributed by atoms with Gasteiger partial charge in [0.2, 0.25) is 11.8 Å². The molecule has 2 unspecified atom stereocenters. The van der Waals surface area contributed by atoms with Crippen LogP contribution in [0.25, 0.3) is 0 Å². The van der Waals surface area contributed by atoms with E-state index in [-0.39, 0.29) is 0 Å². The predicted molar refractivity (Wildman–Crippen MR) is 158 cm³/mol. The molecule has 0 bridgehead atoms. The number of aryl methyl sites for hydroxylation is 2. The molecule has 41 heavy (non-hydrogen) atoms. The molecule has 0 aliphatic rings. The summed E-state index contributed by atoms with van der Waals surface area (Å²) in [6.45, 7) is 14.5. The lowest BCUT2D eigenvalue weighted by atomic mass is 9.90. The molecule has 0 saturated heterocycles. The topological polar surface area (TPSA) is 140 Å². The fourth-order valence-corrected chi connectivity index (χ4v) is 4.20. The van der Waals surface area contributed by atoms with Crippen LogP contribution >= 0.6 is 0 Å². The summed E-state index contributed by atoms with van der Waals surface area (Å²) in [5.74, 6) is -1.28. The second kappa shape index (κ2) is 13.5. The minimum atomic E-state index is -1.36. The van der Waals surface area contributed by atoms with Crippen LogP contribution in [0.3, 0.4) is 0 Å². The van der Waals surface area contributed by atoms with Gasteiger partial charge in [-0.3, -0.25) is 14.4 Å². The van der Waals surface area contributed by atoms with Crippen molar-refractivity contribution in [3.8, 4) is 5.75 Å². The summed E-state index contributed by atoms with van der Waals surface area (Å²) in [5, 5.41) is 5.43. The van der Waals surface area contributed by atoms with E-state index in [4.69, 9.17) is 15.2 Å². The van der Waals surface area contributed by atoms with Crippen LogP contribution in [0.1, 0.15) is 77.1 Å². The molecule has 4 amide bonds. The molecule has 0 radical (unpaired) electrons. The number of alkyl carbamates (subject to hydrolysis) is 1. The van der Waals surface area contributed by atoms with Crippen molar-refractivity contribution in [2.75, 3.05) is 12.4 Å². The normalized spacial score (nSPS) is 13.0. The van der Waals surface area contributed by atoms with Gasteiger partial charge < -0.3 is 30.7 Å². The van der Waals surface area contributed by atoms with Crippen LogP contribution in [-0.4, -0.2) is 53.0 Å². The van der Waals surface area contributed by atoms with Crippen molar-refractivity contribution >= 4 is 29.5 Å². The van der Waals surface area contributed by atoms with Crippen LogP contribution in [0.4, 0.5) is 10.5 Å². The number of hydrogen-bond acceptors (Lipinski definition) is 6. The molecule has 0 aliphatic carbocycles. The average molecular weight is 569 g/mol.